The van der Waals surface area contributed by atoms with Crippen LogP contribution < -0.4 is 10.9 Å². The number of nitrogens with zero attached hydrogens (tertiary/aromatic N) is 4. The third-order valence-electron chi connectivity index (χ3n) is 3.13. The van der Waals surface area contributed by atoms with E-state index < -0.39 is 0 Å². The van der Waals surface area contributed by atoms with Gasteiger partial charge in [0.15, 0.2) is 5.82 Å². The fourth-order valence-electron chi connectivity index (χ4n) is 1.99. The van der Waals surface area contributed by atoms with Gasteiger partial charge in [0, 0.05) is 12.5 Å². The molecule has 0 aromatic carbocycles. The van der Waals surface area contributed by atoms with Gasteiger partial charge in [-0.3, -0.25) is 9.59 Å². The van der Waals surface area contributed by atoms with Crippen molar-refractivity contribution in [1.82, 2.24) is 24.7 Å². The molecule has 1 aliphatic rings. The Morgan fingerprint density at radius 2 is 2.32 bits per heavy atom. The molecule has 1 fully saturated rings. The normalized spacial score (nSPS) is 14.8. The molecule has 1 saturated carbocycles. The van der Waals surface area contributed by atoms with Crippen molar-refractivity contribution >= 4 is 11.4 Å². The lowest BCUT2D eigenvalue weighted by Crippen LogP contribution is -2.36. The standard InChI is InChI=1S/C12H15N5O2/c1-2-10-15-16(7-11(18)14-8-3-4-8)12(19)9-5-6-13-17(9)10/h5-6,8H,2-4,7H2,1H3,(H,14,18). The number of nitrogens with one attached hydrogen (secondary N) is 1. The Morgan fingerprint density at radius 3 is 3.00 bits per heavy atom. The molecule has 2 heterocycles. The Kier molecular flexibility index (Phi) is 2.81. The number of hydrogen-bond donors (Lipinski definition) is 1. The summed E-state index contributed by atoms with van der Waals surface area (Å²) in [6.45, 7) is 1.90. The monoisotopic (exact) mass is 261 g/mol. The highest BCUT2D eigenvalue weighted by Crippen LogP contribution is 2.18. The van der Waals surface area contributed by atoms with Gasteiger partial charge in [-0.1, -0.05) is 6.92 Å². The van der Waals surface area contributed by atoms with Crippen LogP contribution in [0.2, 0.25) is 0 Å². The number of aryl methyl sites for hydroxylation is 1. The fraction of sp³-hybridized carbons (Fsp3) is 0.500. The van der Waals surface area contributed by atoms with E-state index in [0.717, 1.165) is 12.8 Å². The summed E-state index contributed by atoms with van der Waals surface area (Å²) in [5, 5.41) is 11.1. The van der Waals surface area contributed by atoms with E-state index in [0.29, 0.717) is 17.8 Å². The quantitative estimate of drug-likeness (QED) is 0.821. The van der Waals surface area contributed by atoms with Crippen molar-refractivity contribution in [1.29, 1.82) is 0 Å². The molecule has 1 amide bonds. The van der Waals surface area contributed by atoms with Crippen molar-refractivity contribution in [3.05, 3.63) is 28.4 Å². The molecule has 2 aromatic heterocycles. The molecule has 2 aromatic rings. The number of carbonyl (C=O) groups is 1. The minimum absolute atomic E-state index is 0.0377. The van der Waals surface area contributed by atoms with Crippen molar-refractivity contribution in [3.8, 4) is 0 Å². The molecule has 0 radical (unpaired) electrons. The number of hydrogen-bond acceptors (Lipinski definition) is 4. The lowest BCUT2D eigenvalue weighted by Gasteiger charge is -2.08. The number of amides is 1. The third kappa shape index (κ3) is 2.23. The van der Waals surface area contributed by atoms with E-state index in [-0.39, 0.29) is 24.1 Å². The van der Waals surface area contributed by atoms with Crippen LogP contribution in [0.3, 0.4) is 0 Å². The zero-order valence-corrected chi connectivity index (χ0v) is 10.7. The summed E-state index contributed by atoms with van der Waals surface area (Å²) in [7, 11) is 0. The summed E-state index contributed by atoms with van der Waals surface area (Å²) < 4.78 is 2.74. The number of carbonyl (C=O) groups excluding carboxylic acids is 1. The SMILES string of the molecule is CCc1nn(CC(=O)NC2CC2)c(=O)c2ccnn12. The average Bonchev–Trinajstić information content (AvgIpc) is 3.06. The largest absolute Gasteiger partial charge is 0.352 e. The van der Waals surface area contributed by atoms with Crippen molar-refractivity contribution in [2.75, 3.05) is 0 Å². The molecule has 7 nitrogen and oxygen atoms in total. The van der Waals surface area contributed by atoms with E-state index in [1.807, 2.05) is 6.92 Å². The minimum atomic E-state index is -0.291. The average molecular weight is 261 g/mol. The van der Waals surface area contributed by atoms with Crippen LogP contribution in [0.15, 0.2) is 17.1 Å². The van der Waals surface area contributed by atoms with Crippen LogP contribution >= 0.6 is 0 Å². The molecule has 0 saturated heterocycles. The Hall–Kier alpha value is -2.18. The van der Waals surface area contributed by atoms with E-state index in [1.165, 1.54) is 9.20 Å². The van der Waals surface area contributed by atoms with Crippen LogP contribution in [0, 0.1) is 0 Å². The summed E-state index contributed by atoms with van der Waals surface area (Å²) >= 11 is 0. The molecule has 3 rings (SSSR count). The number of rotatable bonds is 4. The van der Waals surface area contributed by atoms with Crippen LogP contribution in [0.1, 0.15) is 25.6 Å². The van der Waals surface area contributed by atoms with Crippen molar-refractivity contribution < 1.29 is 4.79 Å². The van der Waals surface area contributed by atoms with Gasteiger partial charge in [-0.25, -0.2) is 9.20 Å². The summed E-state index contributed by atoms with van der Waals surface area (Å²) in [5.74, 6) is 0.502. The van der Waals surface area contributed by atoms with Gasteiger partial charge in [-0.15, -0.1) is 0 Å². The summed E-state index contributed by atoms with van der Waals surface area (Å²) in [6, 6.07) is 1.92. The molecule has 19 heavy (non-hydrogen) atoms. The zero-order valence-electron chi connectivity index (χ0n) is 10.7. The fourth-order valence-corrected chi connectivity index (χ4v) is 1.99. The van der Waals surface area contributed by atoms with Crippen molar-refractivity contribution in [3.63, 3.8) is 0 Å². The van der Waals surface area contributed by atoms with Crippen molar-refractivity contribution in [2.24, 2.45) is 0 Å². The molecule has 7 heteroatoms. The lowest BCUT2D eigenvalue weighted by atomic mass is 10.4. The predicted octanol–water partition coefficient (Wildman–Crippen LogP) is -0.268. The topological polar surface area (TPSA) is 81.3 Å². The Morgan fingerprint density at radius 1 is 1.53 bits per heavy atom. The first kappa shape index (κ1) is 11.9. The summed E-state index contributed by atoms with van der Waals surface area (Å²) in [5.41, 5.74) is 0.159. The number of aromatic nitrogens is 4. The van der Waals surface area contributed by atoms with Crippen LogP contribution in [0.25, 0.3) is 5.52 Å². The van der Waals surface area contributed by atoms with Gasteiger partial charge in [0.1, 0.15) is 12.1 Å². The first-order valence-corrected chi connectivity index (χ1v) is 6.42. The maximum absolute atomic E-state index is 12.2. The Balaban J connectivity index is 1.95. The van der Waals surface area contributed by atoms with E-state index in [1.54, 1.807) is 12.3 Å². The summed E-state index contributed by atoms with van der Waals surface area (Å²) in [4.78, 5) is 23.9. The van der Waals surface area contributed by atoms with E-state index in [2.05, 4.69) is 15.5 Å². The first-order chi connectivity index (χ1) is 9.19. The second-order valence-electron chi connectivity index (χ2n) is 4.70. The van der Waals surface area contributed by atoms with Gasteiger partial charge >= 0.3 is 0 Å². The smallest absolute Gasteiger partial charge is 0.293 e. The number of fused-ring (bicyclic) bond motifs is 1. The highest BCUT2D eigenvalue weighted by atomic mass is 16.2. The van der Waals surface area contributed by atoms with Crippen molar-refractivity contribution in [2.45, 2.75) is 38.8 Å². The van der Waals surface area contributed by atoms with Crippen LogP contribution in [-0.2, 0) is 17.8 Å². The van der Waals surface area contributed by atoms with Crippen LogP contribution in [-0.4, -0.2) is 31.3 Å². The van der Waals surface area contributed by atoms with Gasteiger partial charge < -0.3 is 5.32 Å². The second-order valence-corrected chi connectivity index (χ2v) is 4.70. The van der Waals surface area contributed by atoms with Crippen LogP contribution in [0.5, 0.6) is 0 Å². The molecular weight excluding hydrogens is 246 g/mol. The van der Waals surface area contributed by atoms with Gasteiger partial charge in [0.05, 0.1) is 6.20 Å². The van der Waals surface area contributed by atoms with Crippen LogP contribution in [0.4, 0.5) is 0 Å². The third-order valence-corrected chi connectivity index (χ3v) is 3.13. The van der Waals surface area contributed by atoms with Gasteiger partial charge in [-0.2, -0.15) is 10.2 Å². The van der Waals surface area contributed by atoms with Gasteiger partial charge in [-0.05, 0) is 18.9 Å². The highest BCUT2D eigenvalue weighted by molar-refractivity contribution is 5.76. The molecule has 0 spiro atoms. The Bertz CT molecular complexity index is 683. The maximum Gasteiger partial charge on any atom is 0.293 e. The molecule has 0 aliphatic heterocycles. The molecule has 1 aliphatic carbocycles. The molecule has 0 bridgehead atoms. The minimum Gasteiger partial charge on any atom is -0.352 e. The molecule has 0 atom stereocenters. The van der Waals surface area contributed by atoms with E-state index in [9.17, 15) is 9.59 Å². The van der Waals surface area contributed by atoms with Gasteiger partial charge in [0.25, 0.3) is 5.56 Å². The molecule has 100 valence electrons. The molecular formula is C12H15N5O2. The lowest BCUT2D eigenvalue weighted by molar-refractivity contribution is -0.122. The van der Waals surface area contributed by atoms with E-state index >= 15 is 0 Å². The second kappa shape index (κ2) is 4.49. The summed E-state index contributed by atoms with van der Waals surface area (Å²) in [6.07, 6.45) is 4.25. The highest BCUT2D eigenvalue weighted by Gasteiger charge is 2.23. The molecule has 0 unspecified atom stereocenters. The maximum atomic E-state index is 12.2. The molecule has 1 N–H and O–H groups in total. The first-order valence-electron chi connectivity index (χ1n) is 6.42. The zero-order chi connectivity index (χ0) is 13.4. The Labute approximate surface area is 109 Å². The van der Waals surface area contributed by atoms with E-state index in [4.69, 9.17) is 0 Å². The van der Waals surface area contributed by atoms with Gasteiger partial charge in [0.2, 0.25) is 5.91 Å². The predicted molar refractivity (Wildman–Crippen MR) is 67.8 cm³/mol.